The SMILES string of the molecule is CCCC/C=C\CCCCCCCC(=O)OC[C@H](COC(=O)CCCCCCCCCCCCCCCCCCC)OC(=O)CCCCCCCCCCCCCC. The summed E-state index contributed by atoms with van der Waals surface area (Å²) in [5.74, 6) is -0.862. The molecular weight excluding hydrogens is 721 g/mol. The van der Waals surface area contributed by atoms with Crippen LogP contribution in [0, 0.1) is 0 Å². The van der Waals surface area contributed by atoms with Crippen molar-refractivity contribution in [3.8, 4) is 0 Å². The largest absolute Gasteiger partial charge is 0.462 e. The van der Waals surface area contributed by atoms with Gasteiger partial charge in [0.2, 0.25) is 0 Å². The van der Waals surface area contributed by atoms with Gasteiger partial charge in [0.1, 0.15) is 13.2 Å². The molecule has 0 unspecified atom stereocenters. The third-order valence-corrected chi connectivity index (χ3v) is 11.5. The van der Waals surface area contributed by atoms with Crippen LogP contribution in [-0.4, -0.2) is 37.2 Å². The zero-order chi connectivity index (χ0) is 42.3. The Balaban J connectivity index is 4.28. The predicted octanol–water partition coefficient (Wildman–Crippen LogP) is 16.6. The zero-order valence-corrected chi connectivity index (χ0v) is 39.1. The van der Waals surface area contributed by atoms with E-state index in [1.54, 1.807) is 0 Å². The molecule has 0 aromatic carbocycles. The van der Waals surface area contributed by atoms with Crippen LogP contribution in [0.25, 0.3) is 0 Å². The van der Waals surface area contributed by atoms with Crippen LogP contribution in [0.4, 0.5) is 0 Å². The Labute approximate surface area is 360 Å². The molecular formula is C52H98O6. The maximum atomic E-state index is 12.7. The lowest BCUT2D eigenvalue weighted by Gasteiger charge is -2.18. The van der Waals surface area contributed by atoms with Gasteiger partial charge in [0, 0.05) is 19.3 Å². The van der Waals surface area contributed by atoms with Crippen molar-refractivity contribution in [2.24, 2.45) is 0 Å². The molecule has 0 aliphatic heterocycles. The van der Waals surface area contributed by atoms with Crippen LogP contribution in [0.5, 0.6) is 0 Å². The Bertz CT molecular complexity index is 900. The van der Waals surface area contributed by atoms with E-state index in [9.17, 15) is 14.4 Å². The van der Waals surface area contributed by atoms with Crippen molar-refractivity contribution in [3.63, 3.8) is 0 Å². The van der Waals surface area contributed by atoms with Crippen LogP contribution in [0.15, 0.2) is 12.2 Å². The number of carbonyl (C=O) groups is 3. The minimum Gasteiger partial charge on any atom is -0.462 e. The minimum atomic E-state index is -0.765. The van der Waals surface area contributed by atoms with Crippen molar-refractivity contribution < 1.29 is 28.6 Å². The van der Waals surface area contributed by atoms with Gasteiger partial charge in [0.15, 0.2) is 6.10 Å². The Morgan fingerprint density at radius 1 is 0.328 bits per heavy atom. The van der Waals surface area contributed by atoms with E-state index in [0.29, 0.717) is 19.3 Å². The van der Waals surface area contributed by atoms with Crippen molar-refractivity contribution >= 4 is 17.9 Å². The molecule has 0 rings (SSSR count). The number of hydrogen-bond acceptors (Lipinski definition) is 6. The fourth-order valence-electron chi connectivity index (χ4n) is 7.60. The molecule has 1 atom stereocenters. The average Bonchev–Trinajstić information content (AvgIpc) is 3.22. The summed E-state index contributed by atoms with van der Waals surface area (Å²) in [5.41, 5.74) is 0. The molecule has 0 radical (unpaired) electrons. The van der Waals surface area contributed by atoms with E-state index >= 15 is 0 Å². The van der Waals surface area contributed by atoms with Gasteiger partial charge in [-0.1, -0.05) is 238 Å². The normalized spacial score (nSPS) is 12.0. The van der Waals surface area contributed by atoms with Gasteiger partial charge in [-0.3, -0.25) is 14.4 Å². The fourth-order valence-corrected chi connectivity index (χ4v) is 7.60. The van der Waals surface area contributed by atoms with Gasteiger partial charge >= 0.3 is 17.9 Å². The van der Waals surface area contributed by atoms with Crippen LogP contribution in [0.1, 0.15) is 284 Å². The number of esters is 3. The zero-order valence-electron chi connectivity index (χ0n) is 39.1. The molecule has 0 aromatic rings. The Hall–Kier alpha value is -1.85. The van der Waals surface area contributed by atoms with E-state index in [4.69, 9.17) is 14.2 Å². The number of unbranched alkanes of at least 4 members (excludes halogenated alkanes) is 34. The van der Waals surface area contributed by atoms with Gasteiger partial charge in [-0.15, -0.1) is 0 Å². The van der Waals surface area contributed by atoms with E-state index in [1.807, 2.05) is 0 Å². The standard InChI is InChI=1S/C52H98O6/c1-4-7-10-13-16-19-22-24-25-26-27-28-31-33-36-39-42-45-51(54)57-48-49(47-56-50(53)44-41-38-35-32-29-21-18-15-12-9-6-3)58-52(55)46-43-40-37-34-30-23-20-17-14-11-8-5-2/h15,18,49H,4-14,16-17,19-48H2,1-3H3/b18-15-/t49-/m1/s1. The Morgan fingerprint density at radius 2 is 0.586 bits per heavy atom. The molecule has 342 valence electrons. The average molecular weight is 819 g/mol. The summed E-state index contributed by atoms with van der Waals surface area (Å²) >= 11 is 0. The van der Waals surface area contributed by atoms with E-state index < -0.39 is 6.10 Å². The van der Waals surface area contributed by atoms with E-state index in [0.717, 1.165) is 64.2 Å². The smallest absolute Gasteiger partial charge is 0.306 e. The van der Waals surface area contributed by atoms with Crippen LogP contribution >= 0.6 is 0 Å². The van der Waals surface area contributed by atoms with Crippen molar-refractivity contribution in [3.05, 3.63) is 12.2 Å². The molecule has 0 saturated heterocycles. The summed E-state index contributed by atoms with van der Waals surface area (Å²) in [4.78, 5) is 37.9. The van der Waals surface area contributed by atoms with E-state index in [1.165, 1.54) is 180 Å². The number of rotatable bonds is 47. The molecule has 58 heavy (non-hydrogen) atoms. The maximum Gasteiger partial charge on any atom is 0.306 e. The molecule has 0 aliphatic carbocycles. The highest BCUT2D eigenvalue weighted by Crippen LogP contribution is 2.16. The lowest BCUT2D eigenvalue weighted by atomic mass is 10.0. The molecule has 0 N–H and O–H groups in total. The van der Waals surface area contributed by atoms with Crippen LogP contribution in [0.3, 0.4) is 0 Å². The van der Waals surface area contributed by atoms with Gasteiger partial charge in [0.05, 0.1) is 0 Å². The molecule has 0 spiro atoms. The topological polar surface area (TPSA) is 78.9 Å². The molecule has 0 amide bonds. The Morgan fingerprint density at radius 3 is 0.914 bits per heavy atom. The first-order valence-electron chi connectivity index (χ1n) is 25.7. The lowest BCUT2D eigenvalue weighted by molar-refractivity contribution is -0.167. The molecule has 0 aliphatic rings. The summed E-state index contributed by atoms with van der Waals surface area (Å²) in [6.07, 6.45) is 51.9. The third-order valence-electron chi connectivity index (χ3n) is 11.5. The van der Waals surface area contributed by atoms with Gasteiger partial charge in [0.25, 0.3) is 0 Å². The minimum absolute atomic E-state index is 0.0673. The monoisotopic (exact) mass is 819 g/mol. The molecule has 0 saturated carbocycles. The van der Waals surface area contributed by atoms with Crippen molar-refractivity contribution in [2.75, 3.05) is 13.2 Å². The summed E-state index contributed by atoms with van der Waals surface area (Å²) in [6.45, 7) is 6.62. The summed E-state index contributed by atoms with van der Waals surface area (Å²) < 4.78 is 16.8. The van der Waals surface area contributed by atoms with E-state index in [-0.39, 0.29) is 31.1 Å². The van der Waals surface area contributed by atoms with Gasteiger partial charge in [-0.2, -0.15) is 0 Å². The molecule has 6 nitrogen and oxygen atoms in total. The van der Waals surface area contributed by atoms with Crippen LogP contribution < -0.4 is 0 Å². The fraction of sp³-hybridized carbons (Fsp3) is 0.904. The first kappa shape index (κ1) is 56.1. The summed E-state index contributed by atoms with van der Waals surface area (Å²) in [6, 6.07) is 0. The first-order valence-corrected chi connectivity index (χ1v) is 25.7. The second-order valence-electron chi connectivity index (χ2n) is 17.4. The predicted molar refractivity (Wildman–Crippen MR) is 247 cm³/mol. The van der Waals surface area contributed by atoms with Crippen LogP contribution in [-0.2, 0) is 28.6 Å². The van der Waals surface area contributed by atoms with Gasteiger partial charge in [-0.05, 0) is 38.5 Å². The molecule has 6 heteroatoms. The molecule has 0 aromatic heterocycles. The second-order valence-corrected chi connectivity index (χ2v) is 17.4. The summed E-state index contributed by atoms with van der Waals surface area (Å²) in [7, 11) is 0. The highest BCUT2D eigenvalue weighted by molar-refractivity contribution is 5.71. The van der Waals surface area contributed by atoms with Crippen molar-refractivity contribution in [1.82, 2.24) is 0 Å². The number of ether oxygens (including phenoxy) is 3. The third kappa shape index (κ3) is 45.2. The summed E-state index contributed by atoms with van der Waals surface area (Å²) in [5, 5.41) is 0. The first-order chi connectivity index (χ1) is 28.5. The van der Waals surface area contributed by atoms with Gasteiger partial charge < -0.3 is 14.2 Å². The number of hydrogen-bond donors (Lipinski definition) is 0. The Kier molecular flexibility index (Phi) is 46.3. The van der Waals surface area contributed by atoms with Crippen LogP contribution in [0.2, 0.25) is 0 Å². The second kappa shape index (κ2) is 47.8. The quantitative estimate of drug-likeness (QED) is 0.0263. The molecule has 0 bridgehead atoms. The molecule has 0 fully saturated rings. The van der Waals surface area contributed by atoms with Crippen molar-refractivity contribution in [2.45, 2.75) is 290 Å². The highest BCUT2D eigenvalue weighted by Gasteiger charge is 2.19. The number of allylic oxidation sites excluding steroid dienone is 2. The lowest BCUT2D eigenvalue weighted by Crippen LogP contribution is -2.30. The van der Waals surface area contributed by atoms with Gasteiger partial charge in [-0.25, -0.2) is 0 Å². The van der Waals surface area contributed by atoms with Crippen molar-refractivity contribution in [1.29, 1.82) is 0 Å². The maximum absolute atomic E-state index is 12.7. The highest BCUT2D eigenvalue weighted by atomic mass is 16.6. The molecule has 0 heterocycles. The number of carbonyl (C=O) groups excluding carboxylic acids is 3. The van der Waals surface area contributed by atoms with E-state index in [2.05, 4.69) is 32.9 Å².